The summed E-state index contributed by atoms with van der Waals surface area (Å²) in [7, 11) is 0. The van der Waals surface area contributed by atoms with Crippen molar-refractivity contribution >= 4 is 17.8 Å². The molecule has 1 amide bonds. The van der Waals surface area contributed by atoms with Gasteiger partial charge in [0.05, 0.1) is 12.5 Å². The molecular weight excluding hydrogens is 290 g/mol. The molecule has 0 spiro atoms. The summed E-state index contributed by atoms with van der Waals surface area (Å²) in [4.78, 5) is 44.3. The summed E-state index contributed by atoms with van der Waals surface area (Å²) < 4.78 is 4.98. The van der Waals surface area contributed by atoms with Gasteiger partial charge < -0.3 is 14.7 Å². The van der Waals surface area contributed by atoms with Gasteiger partial charge >= 0.3 is 11.9 Å². The van der Waals surface area contributed by atoms with Crippen LogP contribution in [0.1, 0.15) is 40.7 Å². The molecule has 1 aliphatic heterocycles. The van der Waals surface area contributed by atoms with Gasteiger partial charge in [-0.3, -0.25) is 9.59 Å². The van der Waals surface area contributed by atoms with Gasteiger partial charge in [-0.25, -0.2) is 14.8 Å². The minimum absolute atomic E-state index is 0.202. The Hall–Kier alpha value is -2.51. The normalized spacial score (nSPS) is 17.9. The first-order valence-corrected chi connectivity index (χ1v) is 7.04. The van der Waals surface area contributed by atoms with Gasteiger partial charge in [0.15, 0.2) is 11.4 Å². The van der Waals surface area contributed by atoms with Crippen LogP contribution in [0.25, 0.3) is 0 Å². The first-order chi connectivity index (χ1) is 10.5. The minimum Gasteiger partial charge on any atom is -0.476 e. The van der Waals surface area contributed by atoms with E-state index in [9.17, 15) is 14.4 Å². The quantitative estimate of drug-likeness (QED) is 0.810. The fraction of sp³-hybridized carbons (Fsp3) is 0.500. The average molecular weight is 307 g/mol. The molecule has 0 bridgehead atoms. The number of piperidine rings is 1. The van der Waals surface area contributed by atoms with Gasteiger partial charge in [0.2, 0.25) is 0 Å². The number of hydrogen-bond acceptors (Lipinski definition) is 6. The van der Waals surface area contributed by atoms with E-state index >= 15 is 0 Å². The van der Waals surface area contributed by atoms with E-state index < -0.39 is 11.9 Å². The molecule has 8 heteroatoms. The second kappa shape index (κ2) is 6.97. The molecule has 1 unspecified atom stereocenters. The van der Waals surface area contributed by atoms with Crippen molar-refractivity contribution in [2.24, 2.45) is 5.92 Å². The van der Waals surface area contributed by atoms with Crippen LogP contribution in [0.15, 0.2) is 12.4 Å². The molecule has 1 saturated heterocycles. The van der Waals surface area contributed by atoms with Crippen molar-refractivity contribution in [1.29, 1.82) is 0 Å². The number of nitrogens with zero attached hydrogens (tertiary/aromatic N) is 3. The van der Waals surface area contributed by atoms with Gasteiger partial charge in [0, 0.05) is 25.5 Å². The number of carboxylic acid groups (broad SMARTS) is 1. The average Bonchev–Trinajstić information content (AvgIpc) is 2.54. The van der Waals surface area contributed by atoms with Crippen molar-refractivity contribution in [3.8, 4) is 0 Å². The first-order valence-electron chi connectivity index (χ1n) is 7.04. The third-order valence-corrected chi connectivity index (χ3v) is 3.43. The Bertz CT molecular complexity index is 590. The van der Waals surface area contributed by atoms with Crippen LogP contribution in [0.4, 0.5) is 0 Å². The Morgan fingerprint density at radius 2 is 2.00 bits per heavy atom. The minimum atomic E-state index is -1.31. The molecule has 1 fully saturated rings. The SMILES string of the molecule is CCOC(=O)C1CCCN(C(=O)c2nccnc2C(=O)O)C1. The number of aromatic carboxylic acids is 1. The number of ether oxygens (including phenoxy) is 1. The molecule has 1 N–H and O–H groups in total. The van der Waals surface area contributed by atoms with Crippen LogP contribution in [0, 0.1) is 5.92 Å². The molecule has 8 nitrogen and oxygen atoms in total. The van der Waals surface area contributed by atoms with Crippen LogP contribution in [-0.2, 0) is 9.53 Å². The number of aromatic nitrogens is 2. The Labute approximate surface area is 127 Å². The zero-order valence-electron chi connectivity index (χ0n) is 12.2. The van der Waals surface area contributed by atoms with E-state index in [1.807, 2.05) is 0 Å². The lowest BCUT2D eigenvalue weighted by atomic mass is 9.98. The molecule has 1 aromatic heterocycles. The van der Waals surface area contributed by atoms with Crippen LogP contribution < -0.4 is 0 Å². The summed E-state index contributed by atoms with van der Waals surface area (Å²) in [5.74, 6) is -2.56. The van der Waals surface area contributed by atoms with Crippen molar-refractivity contribution in [3.05, 3.63) is 23.8 Å². The predicted octanol–water partition coefficient (Wildman–Crippen LogP) is 0.590. The van der Waals surface area contributed by atoms with E-state index in [1.165, 1.54) is 17.3 Å². The molecule has 0 aromatic carbocycles. The highest BCUT2D eigenvalue weighted by Crippen LogP contribution is 2.20. The monoisotopic (exact) mass is 307 g/mol. The molecule has 0 saturated carbocycles. The summed E-state index contributed by atoms with van der Waals surface area (Å²) in [6, 6.07) is 0. The van der Waals surface area contributed by atoms with E-state index in [0.717, 1.165) is 0 Å². The maximum absolute atomic E-state index is 12.5. The lowest BCUT2D eigenvalue weighted by molar-refractivity contribution is -0.149. The van der Waals surface area contributed by atoms with Gasteiger partial charge in [0.25, 0.3) is 5.91 Å². The maximum atomic E-state index is 12.5. The molecule has 2 rings (SSSR count). The van der Waals surface area contributed by atoms with Crippen LogP contribution in [0.3, 0.4) is 0 Å². The van der Waals surface area contributed by atoms with Crippen molar-refractivity contribution in [3.63, 3.8) is 0 Å². The first kappa shape index (κ1) is 15.9. The van der Waals surface area contributed by atoms with Gasteiger partial charge in [-0.1, -0.05) is 0 Å². The highest BCUT2D eigenvalue weighted by molar-refractivity contribution is 6.02. The topological polar surface area (TPSA) is 110 Å². The zero-order chi connectivity index (χ0) is 16.1. The number of amides is 1. The smallest absolute Gasteiger partial charge is 0.356 e. The Kier molecular flexibility index (Phi) is 5.03. The Morgan fingerprint density at radius 3 is 2.64 bits per heavy atom. The summed E-state index contributed by atoms with van der Waals surface area (Å²) in [5, 5.41) is 9.08. The van der Waals surface area contributed by atoms with Gasteiger partial charge in [-0.15, -0.1) is 0 Å². The van der Waals surface area contributed by atoms with Crippen molar-refractivity contribution in [2.75, 3.05) is 19.7 Å². The number of carboxylic acids is 1. The Morgan fingerprint density at radius 1 is 1.32 bits per heavy atom. The molecule has 118 valence electrons. The zero-order valence-corrected chi connectivity index (χ0v) is 12.2. The summed E-state index contributed by atoms with van der Waals surface area (Å²) in [6.45, 7) is 2.66. The number of carbonyl (C=O) groups is 3. The Balaban J connectivity index is 2.16. The van der Waals surface area contributed by atoms with E-state index in [0.29, 0.717) is 19.4 Å². The van der Waals surface area contributed by atoms with E-state index in [2.05, 4.69) is 9.97 Å². The molecule has 1 aliphatic rings. The second-order valence-corrected chi connectivity index (χ2v) is 4.90. The standard InChI is InChI=1S/C14H17N3O5/c1-2-22-14(21)9-4-3-7-17(8-9)12(18)10-11(13(19)20)16-6-5-15-10/h5-6,9H,2-4,7-8H2,1H3,(H,19,20). The largest absolute Gasteiger partial charge is 0.476 e. The van der Waals surface area contributed by atoms with Crippen molar-refractivity contribution in [1.82, 2.24) is 14.9 Å². The van der Waals surface area contributed by atoms with E-state index in [-0.39, 0.29) is 36.4 Å². The van der Waals surface area contributed by atoms with Crippen LogP contribution in [0.2, 0.25) is 0 Å². The lowest BCUT2D eigenvalue weighted by Crippen LogP contribution is -2.43. The molecule has 0 aliphatic carbocycles. The summed E-state index contributed by atoms with van der Waals surface area (Å²) >= 11 is 0. The van der Waals surface area contributed by atoms with Crippen molar-refractivity contribution < 1.29 is 24.2 Å². The van der Waals surface area contributed by atoms with Crippen LogP contribution in [-0.4, -0.2) is 57.5 Å². The number of hydrogen-bond donors (Lipinski definition) is 1. The number of carbonyl (C=O) groups excluding carboxylic acids is 2. The third-order valence-electron chi connectivity index (χ3n) is 3.43. The highest BCUT2D eigenvalue weighted by atomic mass is 16.5. The molecular formula is C14H17N3O5. The number of rotatable bonds is 4. The highest BCUT2D eigenvalue weighted by Gasteiger charge is 2.32. The van der Waals surface area contributed by atoms with Crippen molar-refractivity contribution in [2.45, 2.75) is 19.8 Å². The molecule has 0 radical (unpaired) electrons. The fourth-order valence-corrected chi connectivity index (χ4v) is 2.41. The third kappa shape index (κ3) is 3.38. The van der Waals surface area contributed by atoms with Gasteiger partial charge in [-0.2, -0.15) is 0 Å². The van der Waals surface area contributed by atoms with E-state index in [1.54, 1.807) is 6.92 Å². The van der Waals surface area contributed by atoms with Gasteiger partial charge in [0.1, 0.15) is 0 Å². The molecule has 1 atom stereocenters. The lowest BCUT2D eigenvalue weighted by Gasteiger charge is -2.31. The molecule has 2 heterocycles. The summed E-state index contributed by atoms with van der Waals surface area (Å²) in [5.41, 5.74) is -0.592. The molecule has 22 heavy (non-hydrogen) atoms. The maximum Gasteiger partial charge on any atom is 0.356 e. The van der Waals surface area contributed by atoms with E-state index in [4.69, 9.17) is 9.84 Å². The predicted molar refractivity (Wildman–Crippen MR) is 74.3 cm³/mol. The van der Waals surface area contributed by atoms with Crippen LogP contribution >= 0.6 is 0 Å². The fourth-order valence-electron chi connectivity index (χ4n) is 2.41. The van der Waals surface area contributed by atoms with Crippen LogP contribution in [0.5, 0.6) is 0 Å². The number of likely N-dealkylation sites (tertiary alicyclic amines) is 1. The summed E-state index contributed by atoms with van der Waals surface area (Å²) in [6.07, 6.45) is 3.79. The molecule has 1 aromatic rings. The second-order valence-electron chi connectivity index (χ2n) is 4.90. The van der Waals surface area contributed by atoms with Gasteiger partial charge in [-0.05, 0) is 19.8 Å². The number of esters is 1.